The Bertz CT molecular complexity index is 101. The van der Waals surface area contributed by atoms with Crippen LogP contribution >= 0.6 is 0 Å². The third kappa shape index (κ3) is 3.24. The van der Waals surface area contributed by atoms with E-state index in [1.54, 1.807) is 0 Å². The Balaban J connectivity index is 1.99. The lowest BCUT2D eigenvalue weighted by atomic mass is 10.0. The Kier molecular flexibility index (Phi) is 3.92. The van der Waals surface area contributed by atoms with Gasteiger partial charge in [0.1, 0.15) is 0 Å². The summed E-state index contributed by atoms with van der Waals surface area (Å²) in [7, 11) is 0. The molecule has 0 unspecified atom stereocenters. The Labute approximate surface area is 70.6 Å². The summed E-state index contributed by atoms with van der Waals surface area (Å²) in [5, 5.41) is 3.57. The molecule has 66 valence electrons. The average molecular weight is 155 g/mol. The largest absolute Gasteiger partial charge is 0.314 e. The minimum Gasteiger partial charge on any atom is -0.314 e. The quantitative estimate of drug-likeness (QED) is 0.615. The van der Waals surface area contributed by atoms with E-state index in [0.29, 0.717) is 0 Å². The van der Waals surface area contributed by atoms with E-state index in [4.69, 9.17) is 0 Å². The predicted octanol–water partition coefficient (Wildman–Crippen LogP) is 2.56. The van der Waals surface area contributed by atoms with Gasteiger partial charge in [-0.05, 0) is 25.3 Å². The van der Waals surface area contributed by atoms with Crippen LogP contribution in [0.1, 0.15) is 46.0 Å². The lowest BCUT2D eigenvalue weighted by Gasteiger charge is -2.08. The van der Waals surface area contributed by atoms with Gasteiger partial charge >= 0.3 is 0 Å². The molecule has 1 aliphatic heterocycles. The van der Waals surface area contributed by atoms with E-state index >= 15 is 0 Å². The van der Waals surface area contributed by atoms with Crippen molar-refractivity contribution in [2.45, 2.75) is 52.0 Å². The molecule has 0 bridgehead atoms. The van der Waals surface area contributed by atoms with E-state index in [2.05, 4.69) is 19.2 Å². The van der Waals surface area contributed by atoms with Crippen molar-refractivity contribution in [1.29, 1.82) is 0 Å². The molecule has 1 heterocycles. The first-order valence-electron chi connectivity index (χ1n) is 5.06. The molecule has 1 rings (SSSR count). The van der Waals surface area contributed by atoms with Crippen molar-refractivity contribution in [3.63, 3.8) is 0 Å². The Morgan fingerprint density at radius 3 is 2.73 bits per heavy atom. The molecule has 1 saturated heterocycles. The van der Waals surface area contributed by atoms with Gasteiger partial charge in [-0.2, -0.15) is 0 Å². The lowest BCUT2D eigenvalue weighted by molar-refractivity contribution is 0.510. The molecular weight excluding hydrogens is 134 g/mol. The molecule has 1 heteroatoms. The van der Waals surface area contributed by atoms with Crippen LogP contribution in [0.3, 0.4) is 0 Å². The van der Waals surface area contributed by atoms with Crippen LogP contribution < -0.4 is 5.32 Å². The second-order valence-electron chi connectivity index (χ2n) is 3.94. The molecule has 2 atom stereocenters. The summed E-state index contributed by atoms with van der Waals surface area (Å²) in [5.74, 6) is 0.918. The Hall–Kier alpha value is -0.0400. The monoisotopic (exact) mass is 155 g/mol. The lowest BCUT2D eigenvalue weighted by Crippen LogP contribution is -2.20. The van der Waals surface area contributed by atoms with Crippen molar-refractivity contribution < 1.29 is 0 Å². The van der Waals surface area contributed by atoms with Gasteiger partial charge in [0.25, 0.3) is 0 Å². The van der Waals surface area contributed by atoms with Crippen molar-refractivity contribution in [3.8, 4) is 0 Å². The van der Waals surface area contributed by atoms with Gasteiger partial charge in [0, 0.05) is 6.04 Å². The number of unbranched alkanes of at least 4 members (excludes halogenated alkanes) is 2. The normalized spacial score (nSPS) is 31.1. The van der Waals surface area contributed by atoms with Gasteiger partial charge in [0.05, 0.1) is 0 Å². The molecule has 0 aliphatic carbocycles. The zero-order valence-electron chi connectivity index (χ0n) is 7.90. The van der Waals surface area contributed by atoms with Gasteiger partial charge < -0.3 is 5.32 Å². The number of nitrogens with one attached hydrogen (secondary N) is 1. The van der Waals surface area contributed by atoms with E-state index in [1.807, 2.05) is 0 Å². The van der Waals surface area contributed by atoms with Gasteiger partial charge in [0.15, 0.2) is 0 Å². The van der Waals surface area contributed by atoms with Crippen molar-refractivity contribution in [1.82, 2.24) is 5.32 Å². The highest BCUT2D eigenvalue weighted by Gasteiger charge is 2.19. The van der Waals surface area contributed by atoms with Crippen molar-refractivity contribution >= 4 is 0 Å². The summed E-state index contributed by atoms with van der Waals surface area (Å²) >= 11 is 0. The van der Waals surface area contributed by atoms with Crippen LogP contribution in [0, 0.1) is 5.92 Å². The highest BCUT2D eigenvalue weighted by Crippen LogP contribution is 2.17. The van der Waals surface area contributed by atoms with Crippen molar-refractivity contribution in [2.24, 2.45) is 5.92 Å². The Morgan fingerprint density at radius 1 is 1.36 bits per heavy atom. The van der Waals surface area contributed by atoms with Gasteiger partial charge in [-0.1, -0.05) is 33.1 Å². The molecule has 11 heavy (non-hydrogen) atoms. The summed E-state index contributed by atoms with van der Waals surface area (Å²) in [6, 6.07) is 0.844. The molecule has 1 N–H and O–H groups in total. The van der Waals surface area contributed by atoms with E-state index in [0.717, 1.165) is 12.0 Å². The topological polar surface area (TPSA) is 12.0 Å². The van der Waals surface area contributed by atoms with Gasteiger partial charge in [-0.15, -0.1) is 0 Å². The average Bonchev–Trinajstić information content (AvgIpc) is 2.37. The summed E-state index contributed by atoms with van der Waals surface area (Å²) in [6.45, 7) is 5.86. The highest BCUT2D eigenvalue weighted by atomic mass is 14.9. The second kappa shape index (κ2) is 4.76. The van der Waals surface area contributed by atoms with Crippen molar-refractivity contribution in [2.75, 3.05) is 6.54 Å². The first-order valence-corrected chi connectivity index (χ1v) is 5.06. The smallest absolute Gasteiger partial charge is 0.00701 e. The number of hydrogen-bond acceptors (Lipinski definition) is 1. The van der Waals surface area contributed by atoms with Gasteiger partial charge in [-0.3, -0.25) is 0 Å². The van der Waals surface area contributed by atoms with Gasteiger partial charge in [-0.25, -0.2) is 0 Å². The first-order chi connectivity index (χ1) is 5.33. The maximum absolute atomic E-state index is 3.57. The van der Waals surface area contributed by atoms with E-state index < -0.39 is 0 Å². The van der Waals surface area contributed by atoms with Crippen LogP contribution in [-0.4, -0.2) is 12.6 Å². The third-order valence-electron chi connectivity index (χ3n) is 2.60. The van der Waals surface area contributed by atoms with Gasteiger partial charge in [0.2, 0.25) is 0 Å². The van der Waals surface area contributed by atoms with Crippen LogP contribution in [-0.2, 0) is 0 Å². The SMILES string of the molecule is CCCCC[C@@H]1C[C@@H](C)CN1. The molecule has 0 aromatic carbocycles. The number of hydrogen-bond donors (Lipinski definition) is 1. The molecule has 0 amide bonds. The van der Waals surface area contributed by atoms with Crippen LogP contribution in [0.2, 0.25) is 0 Å². The summed E-state index contributed by atoms with van der Waals surface area (Å²) in [4.78, 5) is 0. The third-order valence-corrected chi connectivity index (χ3v) is 2.60. The maximum Gasteiger partial charge on any atom is 0.00701 e. The second-order valence-corrected chi connectivity index (χ2v) is 3.94. The maximum atomic E-state index is 3.57. The molecule has 1 fully saturated rings. The molecule has 0 saturated carbocycles. The van der Waals surface area contributed by atoms with Crippen molar-refractivity contribution in [3.05, 3.63) is 0 Å². The first kappa shape index (κ1) is 9.05. The predicted molar refractivity (Wildman–Crippen MR) is 49.7 cm³/mol. The van der Waals surface area contributed by atoms with E-state index in [9.17, 15) is 0 Å². The van der Waals surface area contributed by atoms with E-state index in [1.165, 1.54) is 38.6 Å². The molecular formula is C10H21N. The fourth-order valence-corrected chi connectivity index (χ4v) is 1.88. The van der Waals surface area contributed by atoms with Crippen LogP contribution in [0.25, 0.3) is 0 Å². The minimum atomic E-state index is 0.844. The molecule has 0 aromatic rings. The fraction of sp³-hybridized carbons (Fsp3) is 1.00. The zero-order chi connectivity index (χ0) is 8.10. The molecule has 0 spiro atoms. The van der Waals surface area contributed by atoms with Crippen LogP contribution in [0.5, 0.6) is 0 Å². The summed E-state index contributed by atoms with van der Waals surface area (Å²) in [6.07, 6.45) is 6.98. The van der Waals surface area contributed by atoms with E-state index in [-0.39, 0.29) is 0 Å². The highest BCUT2D eigenvalue weighted by molar-refractivity contribution is 4.78. The summed E-state index contributed by atoms with van der Waals surface area (Å²) < 4.78 is 0. The molecule has 0 radical (unpaired) electrons. The zero-order valence-corrected chi connectivity index (χ0v) is 7.90. The molecule has 1 nitrogen and oxygen atoms in total. The fourth-order valence-electron chi connectivity index (χ4n) is 1.88. The molecule has 1 aliphatic rings. The number of rotatable bonds is 4. The molecule has 0 aromatic heterocycles. The van der Waals surface area contributed by atoms with Crippen LogP contribution in [0.15, 0.2) is 0 Å². The minimum absolute atomic E-state index is 0.844. The Morgan fingerprint density at radius 2 is 2.18 bits per heavy atom. The summed E-state index contributed by atoms with van der Waals surface area (Å²) in [5.41, 5.74) is 0. The standard InChI is InChI=1S/C10H21N/c1-3-4-5-6-10-7-9(2)8-11-10/h9-11H,3-8H2,1-2H3/t9-,10-/m1/s1. The van der Waals surface area contributed by atoms with Crippen LogP contribution in [0.4, 0.5) is 0 Å².